The zero-order valence-electron chi connectivity index (χ0n) is 16.8. The molecule has 1 atom stereocenters. The summed E-state index contributed by atoms with van der Waals surface area (Å²) in [5.41, 5.74) is 1.22. The summed E-state index contributed by atoms with van der Waals surface area (Å²) in [6, 6.07) is 3.72. The lowest BCUT2D eigenvalue weighted by molar-refractivity contribution is -0.137. The molecule has 28 heavy (non-hydrogen) atoms. The number of fused-ring (bicyclic) bond motifs is 1. The van der Waals surface area contributed by atoms with Crippen molar-refractivity contribution in [2.24, 2.45) is 11.8 Å². The molecule has 2 aromatic rings. The summed E-state index contributed by atoms with van der Waals surface area (Å²) >= 11 is 0. The quantitative estimate of drug-likeness (QED) is 0.813. The van der Waals surface area contributed by atoms with E-state index in [-0.39, 0.29) is 17.4 Å². The summed E-state index contributed by atoms with van der Waals surface area (Å²) in [6.07, 6.45) is 5.65. The van der Waals surface area contributed by atoms with Crippen LogP contribution in [0.4, 0.5) is 5.82 Å². The molecule has 4 heterocycles. The van der Waals surface area contributed by atoms with Crippen molar-refractivity contribution in [3.05, 3.63) is 28.7 Å². The fraction of sp³-hybridized carbons (Fsp3) is 0.619. The number of anilines is 1. The summed E-state index contributed by atoms with van der Waals surface area (Å²) < 4.78 is 1.68. The molecular weight excluding hydrogens is 354 g/mol. The van der Waals surface area contributed by atoms with Gasteiger partial charge in [0, 0.05) is 38.9 Å². The number of aryl methyl sites for hydroxylation is 1. The van der Waals surface area contributed by atoms with Crippen molar-refractivity contribution in [3.63, 3.8) is 0 Å². The van der Waals surface area contributed by atoms with E-state index in [1.807, 2.05) is 28.9 Å². The first-order chi connectivity index (χ1) is 13.6. The molecule has 0 spiro atoms. The molecular formula is C21H29N5O2. The van der Waals surface area contributed by atoms with Crippen LogP contribution in [0.1, 0.15) is 39.5 Å². The molecule has 2 fully saturated rings. The Kier molecular flexibility index (Phi) is 5.33. The summed E-state index contributed by atoms with van der Waals surface area (Å²) in [6.45, 7) is 7.80. The van der Waals surface area contributed by atoms with E-state index in [2.05, 4.69) is 16.9 Å². The number of carbonyl (C=O) groups excluding carboxylic acids is 1. The number of rotatable bonds is 3. The van der Waals surface area contributed by atoms with Crippen LogP contribution in [-0.4, -0.2) is 51.5 Å². The first-order valence-corrected chi connectivity index (χ1v) is 10.5. The highest BCUT2D eigenvalue weighted by Gasteiger charge is 2.32. The van der Waals surface area contributed by atoms with Gasteiger partial charge in [-0.05, 0) is 50.7 Å². The Labute approximate surface area is 165 Å². The maximum absolute atomic E-state index is 13.1. The third-order valence-electron chi connectivity index (χ3n) is 6.17. The van der Waals surface area contributed by atoms with Gasteiger partial charge in [-0.15, -0.1) is 0 Å². The van der Waals surface area contributed by atoms with E-state index in [4.69, 9.17) is 0 Å². The summed E-state index contributed by atoms with van der Waals surface area (Å²) in [5.74, 6) is 1.35. The number of hydrogen-bond acceptors (Lipinski definition) is 5. The van der Waals surface area contributed by atoms with Gasteiger partial charge in [0.05, 0.1) is 5.92 Å². The van der Waals surface area contributed by atoms with Gasteiger partial charge >= 0.3 is 0 Å². The third kappa shape index (κ3) is 3.50. The molecule has 7 nitrogen and oxygen atoms in total. The molecule has 7 heteroatoms. The second kappa shape index (κ2) is 7.89. The Balaban J connectivity index is 1.59. The predicted octanol–water partition coefficient (Wildman–Crippen LogP) is 2.29. The molecule has 1 unspecified atom stereocenters. The molecule has 2 aliphatic rings. The molecule has 4 rings (SSSR count). The van der Waals surface area contributed by atoms with Crippen LogP contribution < -0.4 is 10.5 Å². The van der Waals surface area contributed by atoms with Gasteiger partial charge in [-0.25, -0.2) is 9.97 Å². The second-order valence-corrected chi connectivity index (χ2v) is 8.12. The number of piperidine rings is 2. The SMILES string of the molecule is CCn1c(=O)c(N2CCCC(C(=O)N3CCC(C)CC3)C2)nc2cccnc21. The normalized spacial score (nSPS) is 21.3. The monoisotopic (exact) mass is 383 g/mol. The van der Waals surface area contributed by atoms with E-state index in [9.17, 15) is 9.59 Å². The van der Waals surface area contributed by atoms with E-state index in [1.54, 1.807) is 10.8 Å². The zero-order valence-corrected chi connectivity index (χ0v) is 16.8. The highest BCUT2D eigenvalue weighted by Crippen LogP contribution is 2.25. The largest absolute Gasteiger partial charge is 0.351 e. The molecule has 0 aromatic carbocycles. The number of likely N-dealkylation sites (tertiary alicyclic amines) is 1. The van der Waals surface area contributed by atoms with Crippen LogP contribution >= 0.6 is 0 Å². The van der Waals surface area contributed by atoms with Crippen LogP contribution in [0.2, 0.25) is 0 Å². The molecule has 0 N–H and O–H groups in total. The Morgan fingerprint density at radius 3 is 2.75 bits per heavy atom. The minimum atomic E-state index is -0.117. The summed E-state index contributed by atoms with van der Waals surface area (Å²) in [4.78, 5) is 39.1. The van der Waals surface area contributed by atoms with E-state index in [0.717, 1.165) is 50.8 Å². The van der Waals surface area contributed by atoms with Crippen LogP contribution in [-0.2, 0) is 11.3 Å². The number of pyridine rings is 1. The molecule has 150 valence electrons. The lowest BCUT2D eigenvalue weighted by Crippen LogP contribution is -2.48. The van der Waals surface area contributed by atoms with Crippen molar-refractivity contribution in [2.45, 2.75) is 46.1 Å². The first-order valence-electron chi connectivity index (χ1n) is 10.5. The molecule has 2 saturated heterocycles. The zero-order chi connectivity index (χ0) is 19.7. The standard InChI is InChI=1S/C21H29N5O2/c1-3-26-18-17(7-4-10-22-18)23-19(21(26)28)25-11-5-6-16(14-25)20(27)24-12-8-15(2)9-13-24/h4,7,10,15-16H,3,5-6,8-9,11-14H2,1-2H3. The molecule has 0 radical (unpaired) electrons. The number of aromatic nitrogens is 3. The number of nitrogens with zero attached hydrogens (tertiary/aromatic N) is 5. The number of amides is 1. The fourth-order valence-electron chi connectivity index (χ4n) is 4.42. The minimum Gasteiger partial charge on any atom is -0.351 e. The first kappa shape index (κ1) is 18.9. The lowest BCUT2D eigenvalue weighted by Gasteiger charge is -2.37. The van der Waals surface area contributed by atoms with Crippen molar-refractivity contribution in [3.8, 4) is 0 Å². The average Bonchev–Trinajstić information content (AvgIpc) is 2.73. The van der Waals surface area contributed by atoms with Gasteiger partial charge in [0.25, 0.3) is 5.56 Å². The molecule has 0 aliphatic carbocycles. The van der Waals surface area contributed by atoms with Gasteiger partial charge in [-0.2, -0.15) is 0 Å². The second-order valence-electron chi connectivity index (χ2n) is 8.12. The van der Waals surface area contributed by atoms with Gasteiger partial charge in [0.15, 0.2) is 11.5 Å². The Morgan fingerprint density at radius 2 is 2.00 bits per heavy atom. The van der Waals surface area contributed by atoms with Crippen LogP contribution in [0.15, 0.2) is 23.1 Å². The maximum Gasteiger partial charge on any atom is 0.295 e. The van der Waals surface area contributed by atoms with Gasteiger partial charge in [-0.3, -0.25) is 14.2 Å². The van der Waals surface area contributed by atoms with Gasteiger partial charge in [-0.1, -0.05) is 6.92 Å². The van der Waals surface area contributed by atoms with Crippen molar-refractivity contribution in [1.29, 1.82) is 0 Å². The fourth-order valence-corrected chi connectivity index (χ4v) is 4.42. The average molecular weight is 383 g/mol. The predicted molar refractivity (Wildman–Crippen MR) is 109 cm³/mol. The molecule has 0 bridgehead atoms. The van der Waals surface area contributed by atoms with Crippen molar-refractivity contribution in [1.82, 2.24) is 19.4 Å². The molecule has 2 aliphatic heterocycles. The van der Waals surface area contributed by atoms with Crippen molar-refractivity contribution in [2.75, 3.05) is 31.1 Å². The number of hydrogen-bond donors (Lipinski definition) is 0. The lowest BCUT2D eigenvalue weighted by atomic mass is 9.93. The molecule has 0 saturated carbocycles. The van der Waals surface area contributed by atoms with E-state index >= 15 is 0 Å². The Hall–Kier alpha value is -2.44. The Morgan fingerprint density at radius 1 is 1.21 bits per heavy atom. The smallest absolute Gasteiger partial charge is 0.295 e. The van der Waals surface area contributed by atoms with Gasteiger partial charge in [0.2, 0.25) is 5.91 Å². The Bertz CT molecular complexity index is 917. The summed E-state index contributed by atoms with van der Waals surface area (Å²) in [5, 5.41) is 0. The van der Waals surface area contributed by atoms with E-state index in [1.165, 1.54) is 0 Å². The van der Waals surface area contributed by atoms with Crippen LogP contribution in [0.3, 0.4) is 0 Å². The van der Waals surface area contributed by atoms with Crippen LogP contribution in [0.5, 0.6) is 0 Å². The van der Waals surface area contributed by atoms with Crippen molar-refractivity contribution < 1.29 is 4.79 Å². The van der Waals surface area contributed by atoms with Crippen molar-refractivity contribution >= 4 is 22.9 Å². The highest BCUT2D eigenvalue weighted by molar-refractivity contribution is 5.80. The van der Waals surface area contributed by atoms with Gasteiger partial charge in [0.1, 0.15) is 5.52 Å². The van der Waals surface area contributed by atoms with E-state index in [0.29, 0.717) is 30.5 Å². The van der Waals surface area contributed by atoms with Crippen LogP contribution in [0, 0.1) is 11.8 Å². The third-order valence-corrected chi connectivity index (χ3v) is 6.17. The van der Waals surface area contributed by atoms with Crippen LogP contribution in [0.25, 0.3) is 11.2 Å². The topological polar surface area (TPSA) is 71.3 Å². The summed E-state index contributed by atoms with van der Waals surface area (Å²) in [7, 11) is 0. The highest BCUT2D eigenvalue weighted by atomic mass is 16.2. The van der Waals surface area contributed by atoms with E-state index < -0.39 is 0 Å². The molecule has 2 aromatic heterocycles. The maximum atomic E-state index is 13.1. The minimum absolute atomic E-state index is 0.0528. The number of carbonyl (C=O) groups is 1. The molecule has 1 amide bonds. The van der Waals surface area contributed by atoms with Gasteiger partial charge < -0.3 is 9.80 Å².